The van der Waals surface area contributed by atoms with Crippen LogP contribution in [0.15, 0.2) is 18.6 Å². The van der Waals surface area contributed by atoms with E-state index in [1.807, 2.05) is 6.07 Å². The van der Waals surface area contributed by atoms with Crippen LogP contribution in [0.1, 0.15) is 32.1 Å². The third kappa shape index (κ3) is 4.40. The Hall–Kier alpha value is -1.99. The van der Waals surface area contributed by atoms with Crippen LogP contribution in [0.3, 0.4) is 0 Å². The summed E-state index contributed by atoms with van der Waals surface area (Å²) in [6, 6.07) is 2.46. The van der Waals surface area contributed by atoms with E-state index in [0.29, 0.717) is 18.5 Å². The van der Waals surface area contributed by atoms with Gasteiger partial charge in [-0.2, -0.15) is 0 Å². The number of anilines is 1. The van der Waals surface area contributed by atoms with Crippen molar-refractivity contribution in [3.8, 4) is 5.88 Å². The summed E-state index contributed by atoms with van der Waals surface area (Å²) in [5.41, 5.74) is 0.846. The Labute approximate surface area is 154 Å². The molecule has 0 aromatic carbocycles. The SMILES string of the molecule is c1nc(NC2CCCCC2)c2cc(OCCN3CCOCC3)ncc2n1. The molecule has 7 heteroatoms. The summed E-state index contributed by atoms with van der Waals surface area (Å²) in [7, 11) is 0. The Morgan fingerprint density at radius 1 is 1.12 bits per heavy atom. The zero-order chi connectivity index (χ0) is 17.6. The van der Waals surface area contributed by atoms with Crippen LogP contribution in [-0.2, 0) is 4.74 Å². The maximum absolute atomic E-state index is 5.88. The molecule has 1 aliphatic heterocycles. The molecule has 26 heavy (non-hydrogen) atoms. The fraction of sp³-hybridized carbons (Fsp3) is 0.632. The van der Waals surface area contributed by atoms with Crippen molar-refractivity contribution in [1.29, 1.82) is 0 Å². The average Bonchev–Trinajstić information content (AvgIpc) is 2.70. The van der Waals surface area contributed by atoms with E-state index in [2.05, 4.69) is 25.2 Å². The lowest BCUT2D eigenvalue weighted by Crippen LogP contribution is -2.38. The molecule has 3 heterocycles. The zero-order valence-corrected chi connectivity index (χ0v) is 15.2. The highest BCUT2D eigenvalue weighted by atomic mass is 16.5. The molecule has 2 aliphatic rings. The van der Waals surface area contributed by atoms with Gasteiger partial charge in [0.2, 0.25) is 5.88 Å². The van der Waals surface area contributed by atoms with Crippen molar-refractivity contribution in [2.45, 2.75) is 38.1 Å². The molecule has 0 amide bonds. The van der Waals surface area contributed by atoms with Crippen molar-refractivity contribution in [2.75, 3.05) is 44.8 Å². The van der Waals surface area contributed by atoms with Gasteiger partial charge >= 0.3 is 0 Å². The predicted octanol–water partition coefficient (Wildman–Crippen LogP) is 2.48. The van der Waals surface area contributed by atoms with Gasteiger partial charge < -0.3 is 14.8 Å². The molecule has 0 atom stereocenters. The quantitative estimate of drug-likeness (QED) is 0.851. The van der Waals surface area contributed by atoms with Crippen molar-refractivity contribution in [3.63, 3.8) is 0 Å². The molecule has 1 N–H and O–H groups in total. The molecule has 1 aliphatic carbocycles. The third-order valence-electron chi connectivity index (χ3n) is 5.20. The summed E-state index contributed by atoms with van der Waals surface area (Å²) in [6.45, 7) is 5.07. The van der Waals surface area contributed by atoms with Crippen LogP contribution in [-0.4, -0.2) is 65.3 Å². The lowest BCUT2D eigenvalue weighted by molar-refractivity contribution is 0.0320. The topological polar surface area (TPSA) is 72.4 Å². The second-order valence-electron chi connectivity index (χ2n) is 7.04. The Morgan fingerprint density at radius 3 is 2.81 bits per heavy atom. The summed E-state index contributed by atoms with van der Waals surface area (Å²) in [5, 5.41) is 4.58. The van der Waals surface area contributed by atoms with Gasteiger partial charge in [-0.05, 0) is 12.8 Å². The number of nitrogens with one attached hydrogen (secondary N) is 1. The summed E-state index contributed by atoms with van der Waals surface area (Å²) in [6.07, 6.45) is 9.71. The number of rotatable bonds is 6. The smallest absolute Gasteiger partial charge is 0.214 e. The van der Waals surface area contributed by atoms with E-state index < -0.39 is 0 Å². The first-order valence-electron chi connectivity index (χ1n) is 9.69. The van der Waals surface area contributed by atoms with Gasteiger partial charge in [-0.15, -0.1) is 0 Å². The minimum Gasteiger partial charge on any atom is -0.476 e. The molecule has 0 radical (unpaired) electrons. The number of ether oxygens (including phenoxy) is 2. The second-order valence-corrected chi connectivity index (χ2v) is 7.04. The Kier molecular flexibility index (Phi) is 5.76. The summed E-state index contributed by atoms with van der Waals surface area (Å²) in [5.74, 6) is 1.52. The highest BCUT2D eigenvalue weighted by molar-refractivity contribution is 5.89. The van der Waals surface area contributed by atoms with Crippen LogP contribution >= 0.6 is 0 Å². The van der Waals surface area contributed by atoms with Crippen LogP contribution in [0, 0.1) is 0 Å². The molecule has 7 nitrogen and oxygen atoms in total. The molecule has 2 aromatic rings. The summed E-state index contributed by atoms with van der Waals surface area (Å²) in [4.78, 5) is 15.6. The Morgan fingerprint density at radius 2 is 1.96 bits per heavy atom. The highest BCUT2D eigenvalue weighted by Crippen LogP contribution is 2.26. The van der Waals surface area contributed by atoms with Crippen LogP contribution in [0.5, 0.6) is 5.88 Å². The lowest BCUT2D eigenvalue weighted by atomic mass is 9.95. The molecular weight excluding hydrogens is 330 g/mol. The van der Waals surface area contributed by atoms with Crippen LogP contribution in [0.2, 0.25) is 0 Å². The molecule has 4 rings (SSSR count). The third-order valence-corrected chi connectivity index (χ3v) is 5.20. The maximum atomic E-state index is 5.88. The molecule has 1 saturated heterocycles. The molecule has 0 unspecified atom stereocenters. The van der Waals surface area contributed by atoms with Gasteiger partial charge in [-0.25, -0.2) is 15.0 Å². The molecule has 140 valence electrons. The number of fused-ring (bicyclic) bond motifs is 1. The van der Waals surface area contributed by atoms with E-state index in [1.165, 1.54) is 32.1 Å². The van der Waals surface area contributed by atoms with Crippen molar-refractivity contribution in [3.05, 3.63) is 18.6 Å². The monoisotopic (exact) mass is 357 g/mol. The fourth-order valence-electron chi connectivity index (χ4n) is 3.68. The Bertz CT molecular complexity index is 714. The summed E-state index contributed by atoms with van der Waals surface area (Å²) >= 11 is 0. The molecule has 2 aromatic heterocycles. The van der Waals surface area contributed by atoms with Gasteiger partial charge in [0, 0.05) is 37.1 Å². The van der Waals surface area contributed by atoms with E-state index >= 15 is 0 Å². The first-order chi connectivity index (χ1) is 12.9. The van der Waals surface area contributed by atoms with Gasteiger partial charge in [0.15, 0.2) is 0 Å². The van der Waals surface area contributed by atoms with E-state index in [0.717, 1.165) is 49.6 Å². The van der Waals surface area contributed by atoms with E-state index in [9.17, 15) is 0 Å². The number of hydrogen-bond donors (Lipinski definition) is 1. The normalized spacial score (nSPS) is 19.5. The molecular formula is C19H27N5O2. The van der Waals surface area contributed by atoms with Crippen molar-refractivity contribution in [1.82, 2.24) is 19.9 Å². The second kappa shape index (κ2) is 8.60. The van der Waals surface area contributed by atoms with E-state index in [4.69, 9.17) is 9.47 Å². The fourth-order valence-corrected chi connectivity index (χ4v) is 3.68. The zero-order valence-electron chi connectivity index (χ0n) is 15.2. The minimum absolute atomic E-state index is 0.501. The number of nitrogens with zero attached hydrogens (tertiary/aromatic N) is 4. The van der Waals surface area contributed by atoms with Gasteiger partial charge in [-0.1, -0.05) is 19.3 Å². The van der Waals surface area contributed by atoms with Crippen LogP contribution in [0.25, 0.3) is 10.9 Å². The van der Waals surface area contributed by atoms with Gasteiger partial charge in [0.1, 0.15) is 18.8 Å². The number of hydrogen-bond acceptors (Lipinski definition) is 7. The van der Waals surface area contributed by atoms with Gasteiger partial charge in [-0.3, -0.25) is 4.90 Å². The molecule has 0 bridgehead atoms. The van der Waals surface area contributed by atoms with Gasteiger partial charge in [0.25, 0.3) is 0 Å². The van der Waals surface area contributed by atoms with E-state index in [1.54, 1.807) is 12.5 Å². The minimum atomic E-state index is 0.501. The van der Waals surface area contributed by atoms with Crippen molar-refractivity contribution >= 4 is 16.7 Å². The number of morpholine rings is 1. The van der Waals surface area contributed by atoms with Crippen LogP contribution in [0.4, 0.5) is 5.82 Å². The van der Waals surface area contributed by atoms with Gasteiger partial charge in [0.05, 0.1) is 24.9 Å². The number of aromatic nitrogens is 3. The molecule has 1 saturated carbocycles. The molecule has 0 spiro atoms. The summed E-state index contributed by atoms with van der Waals surface area (Å²) < 4.78 is 11.3. The first-order valence-corrected chi connectivity index (χ1v) is 9.69. The first kappa shape index (κ1) is 17.4. The maximum Gasteiger partial charge on any atom is 0.214 e. The van der Waals surface area contributed by atoms with E-state index in [-0.39, 0.29) is 0 Å². The average molecular weight is 357 g/mol. The van der Waals surface area contributed by atoms with Crippen LogP contribution < -0.4 is 10.1 Å². The lowest BCUT2D eigenvalue weighted by Gasteiger charge is -2.26. The standard InChI is InChI=1S/C19H27N5O2/c1-2-4-15(5-3-1)23-19-16-12-18(20-13-17(16)21-14-22-19)26-11-8-24-6-9-25-10-7-24/h12-15H,1-11H2,(H,21,22,23). The molecule has 2 fully saturated rings. The largest absolute Gasteiger partial charge is 0.476 e. The number of pyridine rings is 1. The Balaban J connectivity index is 1.42. The predicted molar refractivity (Wildman–Crippen MR) is 101 cm³/mol. The van der Waals surface area contributed by atoms with Crippen molar-refractivity contribution in [2.24, 2.45) is 0 Å². The van der Waals surface area contributed by atoms with Crippen molar-refractivity contribution < 1.29 is 9.47 Å². The highest BCUT2D eigenvalue weighted by Gasteiger charge is 2.16.